The average molecular weight is 385 g/mol. The predicted octanol–water partition coefficient (Wildman–Crippen LogP) is 4.62. The second-order valence-electron chi connectivity index (χ2n) is 9.21. The van der Waals surface area contributed by atoms with E-state index in [0.29, 0.717) is 5.91 Å². The summed E-state index contributed by atoms with van der Waals surface area (Å²) >= 11 is 0. The van der Waals surface area contributed by atoms with Gasteiger partial charge in [-0.2, -0.15) is 0 Å². The summed E-state index contributed by atoms with van der Waals surface area (Å²) < 4.78 is 5.28. The first-order valence-corrected chi connectivity index (χ1v) is 11.3. The second-order valence-corrected chi connectivity index (χ2v) is 9.21. The highest BCUT2D eigenvalue weighted by molar-refractivity contribution is 5.79. The molecular weight excluding hydrogens is 348 g/mol. The molecule has 1 aliphatic carbocycles. The summed E-state index contributed by atoms with van der Waals surface area (Å²) in [5.74, 6) is 2.09. The van der Waals surface area contributed by atoms with Gasteiger partial charge in [-0.3, -0.25) is 9.69 Å². The third-order valence-corrected chi connectivity index (χ3v) is 7.42. The molecule has 2 heterocycles. The molecule has 2 saturated heterocycles. The van der Waals surface area contributed by atoms with E-state index in [0.717, 1.165) is 57.1 Å². The molecule has 3 aliphatic rings. The number of benzene rings is 1. The lowest BCUT2D eigenvalue weighted by Gasteiger charge is -2.41. The van der Waals surface area contributed by atoms with Gasteiger partial charge in [-0.25, -0.2) is 0 Å². The van der Waals surface area contributed by atoms with E-state index in [-0.39, 0.29) is 5.54 Å². The third kappa shape index (κ3) is 4.37. The van der Waals surface area contributed by atoms with E-state index in [1.165, 1.54) is 50.5 Å². The van der Waals surface area contributed by atoms with Crippen LogP contribution in [0.2, 0.25) is 0 Å². The van der Waals surface area contributed by atoms with Gasteiger partial charge in [0, 0.05) is 31.6 Å². The molecule has 1 amide bonds. The lowest BCUT2D eigenvalue weighted by molar-refractivity contribution is -0.132. The number of carbonyl (C=O) groups excluding carboxylic acids is 1. The average Bonchev–Trinajstić information content (AvgIpc) is 2.90. The van der Waals surface area contributed by atoms with Crippen molar-refractivity contribution in [3.63, 3.8) is 0 Å². The van der Waals surface area contributed by atoms with Crippen LogP contribution in [0.1, 0.15) is 69.8 Å². The van der Waals surface area contributed by atoms with Crippen molar-refractivity contribution in [2.24, 2.45) is 5.92 Å². The van der Waals surface area contributed by atoms with Crippen LogP contribution in [0.15, 0.2) is 24.3 Å². The molecule has 0 bridgehead atoms. The molecule has 4 nitrogen and oxygen atoms in total. The Morgan fingerprint density at radius 2 is 1.79 bits per heavy atom. The molecule has 1 aromatic carbocycles. The summed E-state index contributed by atoms with van der Waals surface area (Å²) in [5, 5.41) is 0. The molecular formula is C24H36N2O2. The summed E-state index contributed by atoms with van der Waals surface area (Å²) in [5.41, 5.74) is 1.49. The lowest BCUT2D eigenvalue weighted by atomic mass is 9.84. The highest BCUT2D eigenvalue weighted by atomic mass is 16.5. The van der Waals surface area contributed by atoms with Crippen LogP contribution >= 0.6 is 0 Å². The Morgan fingerprint density at radius 3 is 2.54 bits per heavy atom. The van der Waals surface area contributed by atoms with Crippen LogP contribution in [-0.2, 0) is 11.3 Å². The van der Waals surface area contributed by atoms with E-state index in [4.69, 9.17) is 4.74 Å². The van der Waals surface area contributed by atoms with Crippen molar-refractivity contribution in [1.29, 1.82) is 0 Å². The van der Waals surface area contributed by atoms with Crippen LogP contribution < -0.4 is 4.74 Å². The number of hydrogen-bond acceptors (Lipinski definition) is 3. The molecule has 0 unspecified atom stereocenters. The Hall–Kier alpha value is -1.55. The maximum absolute atomic E-state index is 12.8. The fourth-order valence-corrected chi connectivity index (χ4v) is 5.70. The van der Waals surface area contributed by atoms with Gasteiger partial charge in [-0.05, 0) is 68.7 Å². The Balaban J connectivity index is 1.38. The van der Waals surface area contributed by atoms with Gasteiger partial charge in [0.05, 0.1) is 7.11 Å². The number of methoxy groups -OCH3 is 1. The second kappa shape index (κ2) is 8.86. The molecule has 4 rings (SSSR count). The number of likely N-dealkylation sites (tertiary alicyclic amines) is 2. The van der Waals surface area contributed by atoms with Gasteiger partial charge in [0.15, 0.2) is 0 Å². The summed E-state index contributed by atoms with van der Waals surface area (Å²) in [6.45, 7) is 4.26. The Morgan fingerprint density at radius 1 is 1.00 bits per heavy atom. The number of hydrogen-bond donors (Lipinski definition) is 0. The number of nitrogens with zero attached hydrogens (tertiary/aromatic N) is 2. The Kier molecular flexibility index (Phi) is 6.25. The van der Waals surface area contributed by atoms with Crippen molar-refractivity contribution in [2.45, 2.75) is 76.3 Å². The minimum Gasteiger partial charge on any atom is -0.497 e. The van der Waals surface area contributed by atoms with E-state index in [1.54, 1.807) is 7.11 Å². The highest BCUT2D eigenvalue weighted by Crippen LogP contribution is 2.41. The summed E-state index contributed by atoms with van der Waals surface area (Å²) in [7, 11) is 1.71. The molecule has 1 saturated carbocycles. The molecule has 154 valence electrons. The molecule has 0 aromatic heterocycles. The molecule has 0 N–H and O–H groups in total. The Bertz CT molecular complexity index is 653. The molecule has 4 heteroatoms. The SMILES string of the molecule is COc1ccc(CN2CCC[C@@]3(CCC(=O)N3CC3CCCCC3)CC2)cc1. The van der Waals surface area contributed by atoms with Crippen molar-refractivity contribution in [2.75, 3.05) is 26.7 Å². The van der Waals surface area contributed by atoms with Gasteiger partial charge in [-0.15, -0.1) is 0 Å². The van der Waals surface area contributed by atoms with Crippen molar-refractivity contribution in [1.82, 2.24) is 9.80 Å². The number of amides is 1. The molecule has 2 aliphatic heterocycles. The minimum absolute atomic E-state index is 0.142. The molecule has 0 radical (unpaired) electrons. The first-order valence-electron chi connectivity index (χ1n) is 11.3. The molecule has 3 fully saturated rings. The van der Waals surface area contributed by atoms with Gasteiger partial charge in [0.1, 0.15) is 5.75 Å². The van der Waals surface area contributed by atoms with E-state index in [1.807, 2.05) is 0 Å². The van der Waals surface area contributed by atoms with Crippen molar-refractivity contribution >= 4 is 5.91 Å². The zero-order valence-electron chi connectivity index (χ0n) is 17.5. The van der Waals surface area contributed by atoms with Crippen molar-refractivity contribution in [3.8, 4) is 5.75 Å². The monoisotopic (exact) mass is 384 g/mol. The van der Waals surface area contributed by atoms with Crippen LogP contribution in [0.3, 0.4) is 0 Å². The maximum atomic E-state index is 12.8. The van der Waals surface area contributed by atoms with Crippen LogP contribution in [0.5, 0.6) is 5.75 Å². The largest absolute Gasteiger partial charge is 0.497 e. The van der Waals surface area contributed by atoms with E-state index >= 15 is 0 Å². The van der Waals surface area contributed by atoms with Crippen LogP contribution in [0.4, 0.5) is 0 Å². The zero-order chi connectivity index (χ0) is 19.4. The van der Waals surface area contributed by atoms with Gasteiger partial charge < -0.3 is 9.64 Å². The minimum atomic E-state index is 0.142. The molecule has 1 aromatic rings. The van der Waals surface area contributed by atoms with Crippen molar-refractivity contribution < 1.29 is 9.53 Å². The number of carbonyl (C=O) groups is 1. The zero-order valence-corrected chi connectivity index (χ0v) is 17.5. The maximum Gasteiger partial charge on any atom is 0.223 e. The standard InChI is InChI=1S/C24H36N2O2/c1-28-22-10-8-21(9-11-22)18-25-16-5-13-24(15-17-25)14-12-23(27)26(24)19-20-6-3-2-4-7-20/h8-11,20H,2-7,12-19H2,1H3/t24-/m1/s1. The van der Waals surface area contributed by atoms with Crippen LogP contribution in [-0.4, -0.2) is 48.0 Å². The number of ether oxygens (including phenoxy) is 1. The van der Waals surface area contributed by atoms with E-state index < -0.39 is 0 Å². The first-order chi connectivity index (χ1) is 13.7. The molecule has 28 heavy (non-hydrogen) atoms. The summed E-state index contributed by atoms with van der Waals surface area (Å²) in [6, 6.07) is 8.45. The smallest absolute Gasteiger partial charge is 0.223 e. The Labute approximate surface area is 170 Å². The van der Waals surface area contributed by atoms with Gasteiger partial charge in [-0.1, -0.05) is 31.4 Å². The topological polar surface area (TPSA) is 32.8 Å². The van der Waals surface area contributed by atoms with Gasteiger partial charge in [0.25, 0.3) is 0 Å². The lowest BCUT2D eigenvalue weighted by Crippen LogP contribution is -2.48. The first kappa shape index (κ1) is 19.8. The third-order valence-electron chi connectivity index (χ3n) is 7.42. The summed E-state index contributed by atoms with van der Waals surface area (Å²) in [6.07, 6.45) is 12.1. The fraction of sp³-hybridized carbons (Fsp3) is 0.708. The van der Waals surface area contributed by atoms with E-state index in [9.17, 15) is 4.79 Å². The van der Waals surface area contributed by atoms with Gasteiger partial charge >= 0.3 is 0 Å². The van der Waals surface area contributed by atoms with Crippen molar-refractivity contribution in [3.05, 3.63) is 29.8 Å². The van der Waals surface area contributed by atoms with Crippen LogP contribution in [0.25, 0.3) is 0 Å². The molecule has 1 spiro atoms. The fourth-order valence-electron chi connectivity index (χ4n) is 5.70. The highest BCUT2D eigenvalue weighted by Gasteiger charge is 2.46. The predicted molar refractivity (Wildman–Crippen MR) is 112 cm³/mol. The molecule has 1 atom stereocenters. The van der Waals surface area contributed by atoms with Gasteiger partial charge in [0.2, 0.25) is 5.91 Å². The van der Waals surface area contributed by atoms with E-state index in [2.05, 4.69) is 34.1 Å². The number of rotatable bonds is 5. The normalized spacial score (nSPS) is 27.3. The van der Waals surface area contributed by atoms with Crippen LogP contribution in [0, 0.1) is 5.92 Å². The quantitative estimate of drug-likeness (QED) is 0.742. The summed E-state index contributed by atoms with van der Waals surface area (Å²) in [4.78, 5) is 17.7.